The summed E-state index contributed by atoms with van der Waals surface area (Å²) in [7, 11) is 0. The summed E-state index contributed by atoms with van der Waals surface area (Å²) < 4.78 is 9.62. The molecule has 1 aliphatic heterocycles. The fourth-order valence-corrected chi connectivity index (χ4v) is 4.46. The highest BCUT2D eigenvalue weighted by Gasteiger charge is 2.20. The maximum atomic E-state index is 10.3. The number of benzene rings is 2. The van der Waals surface area contributed by atoms with Gasteiger partial charge in [0, 0.05) is 41.6 Å². The van der Waals surface area contributed by atoms with E-state index in [2.05, 4.69) is 71.3 Å². The number of aromatic nitrogens is 1. The largest absolute Gasteiger partial charge is 0.489 e. The van der Waals surface area contributed by atoms with Crippen molar-refractivity contribution in [2.24, 2.45) is 0 Å². The second kappa shape index (κ2) is 10.9. The van der Waals surface area contributed by atoms with E-state index in [1.165, 1.54) is 16.0 Å². The Morgan fingerprint density at radius 3 is 2.72 bits per heavy atom. The van der Waals surface area contributed by atoms with Gasteiger partial charge in [-0.05, 0) is 78.2 Å². The van der Waals surface area contributed by atoms with Crippen molar-refractivity contribution in [1.29, 1.82) is 0 Å². The molecular formula is C26H31N3O2S. The molecule has 4 rings (SSSR count). The van der Waals surface area contributed by atoms with Gasteiger partial charge in [0.2, 0.25) is 0 Å². The Labute approximate surface area is 194 Å². The van der Waals surface area contributed by atoms with E-state index in [0.29, 0.717) is 19.0 Å². The lowest BCUT2D eigenvalue weighted by atomic mass is 10.0. The van der Waals surface area contributed by atoms with Crippen molar-refractivity contribution in [1.82, 2.24) is 10.3 Å². The second-order valence-electron chi connectivity index (χ2n) is 8.49. The Morgan fingerprint density at radius 2 is 1.97 bits per heavy atom. The molecule has 0 amide bonds. The van der Waals surface area contributed by atoms with E-state index in [4.69, 9.17) is 4.74 Å². The Morgan fingerprint density at radius 1 is 1.12 bits per heavy atom. The van der Waals surface area contributed by atoms with Gasteiger partial charge in [-0.15, -0.1) is 0 Å². The Hall–Kier alpha value is -2.54. The summed E-state index contributed by atoms with van der Waals surface area (Å²) in [6, 6.07) is 18.7. The third-order valence-corrected chi connectivity index (χ3v) is 6.53. The normalized spacial score (nSPS) is 16.3. The molecule has 6 heteroatoms. The molecule has 0 bridgehead atoms. The first-order valence-corrected chi connectivity index (χ1v) is 12.0. The summed E-state index contributed by atoms with van der Waals surface area (Å²) in [5.74, 6) is 1.50. The van der Waals surface area contributed by atoms with Crippen LogP contribution in [0.1, 0.15) is 49.0 Å². The molecule has 168 valence electrons. The van der Waals surface area contributed by atoms with Crippen molar-refractivity contribution < 1.29 is 9.84 Å². The van der Waals surface area contributed by atoms with Gasteiger partial charge in [0.05, 0.1) is 6.10 Å². The first-order valence-electron chi connectivity index (χ1n) is 11.2. The van der Waals surface area contributed by atoms with Crippen LogP contribution in [0.2, 0.25) is 0 Å². The van der Waals surface area contributed by atoms with Gasteiger partial charge in [-0.3, -0.25) is 4.98 Å². The van der Waals surface area contributed by atoms with Gasteiger partial charge in [-0.25, -0.2) is 0 Å². The van der Waals surface area contributed by atoms with E-state index in [9.17, 15) is 5.11 Å². The molecule has 0 fully saturated rings. The standard InChI is InChI=1S/C26H31N3O2S/c1-18(2)19-5-8-22(9-6-19)29-32-24-11-12-26-20(14-24)7-10-23(31-26)16-28-17-25(30)21-4-3-13-27-15-21/h3-6,8-9,11-15,18,23,25,28-30H,7,10,16-17H2,1-2H3. The average Bonchev–Trinajstić information content (AvgIpc) is 2.83. The second-order valence-corrected chi connectivity index (χ2v) is 9.37. The van der Waals surface area contributed by atoms with Crippen LogP contribution in [0.4, 0.5) is 5.69 Å². The van der Waals surface area contributed by atoms with Crippen LogP contribution in [0, 0.1) is 0 Å². The molecule has 1 aromatic heterocycles. The molecule has 0 saturated carbocycles. The number of nitrogens with one attached hydrogen (secondary N) is 2. The van der Waals surface area contributed by atoms with Crippen LogP contribution >= 0.6 is 11.9 Å². The topological polar surface area (TPSA) is 66.4 Å². The summed E-state index contributed by atoms with van der Waals surface area (Å²) in [5, 5.41) is 13.6. The fraction of sp³-hybridized carbons (Fsp3) is 0.346. The molecule has 5 nitrogen and oxygen atoms in total. The van der Waals surface area contributed by atoms with Gasteiger partial charge < -0.3 is 19.9 Å². The molecule has 0 saturated heterocycles. The molecule has 0 aliphatic carbocycles. The zero-order chi connectivity index (χ0) is 22.3. The van der Waals surface area contributed by atoms with Gasteiger partial charge >= 0.3 is 0 Å². The van der Waals surface area contributed by atoms with Gasteiger partial charge in [-0.2, -0.15) is 0 Å². The Bertz CT molecular complexity index is 996. The van der Waals surface area contributed by atoms with Crippen LogP contribution in [0.3, 0.4) is 0 Å². The molecule has 2 unspecified atom stereocenters. The zero-order valence-corrected chi connectivity index (χ0v) is 19.4. The smallest absolute Gasteiger partial charge is 0.123 e. The quantitative estimate of drug-likeness (QED) is 0.383. The number of aliphatic hydroxyl groups is 1. The number of hydrogen-bond acceptors (Lipinski definition) is 6. The Balaban J connectivity index is 1.25. The SMILES string of the molecule is CC(C)c1ccc(NSc2ccc3c(c2)CCC(CNCC(O)c2cccnc2)O3)cc1. The number of aliphatic hydroxyl groups excluding tert-OH is 1. The van der Waals surface area contributed by atoms with E-state index in [1.54, 1.807) is 24.3 Å². The molecule has 0 spiro atoms. The van der Waals surface area contributed by atoms with Crippen LogP contribution < -0.4 is 14.8 Å². The maximum Gasteiger partial charge on any atom is 0.123 e. The highest BCUT2D eigenvalue weighted by atomic mass is 32.2. The monoisotopic (exact) mass is 449 g/mol. The van der Waals surface area contributed by atoms with E-state index >= 15 is 0 Å². The highest BCUT2D eigenvalue weighted by molar-refractivity contribution is 8.00. The third-order valence-electron chi connectivity index (χ3n) is 5.70. The minimum atomic E-state index is -0.562. The first kappa shape index (κ1) is 22.6. The van der Waals surface area contributed by atoms with Crippen LogP contribution in [-0.4, -0.2) is 29.3 Å². The van der Waals surface area contributed by atoms with E-state index < -0.39 is 6.10 Å². The van der Waals surface area contributed by atoms with Crippen LogP contribution in [0.15, 0.2) is 71.9 Å². The lowest BCUT2D eigenvalue weighted by molar-refractivity contribution is 0.146. The van der Waals surface area contributed by atoms with Crippen molar-refractivity contribution in [3.8, 4) is 5.75 Å². The predicted octanol–water partition coefficient (Wildman–Crippen LogP) is 5.34. The summed E-state index contributed by atoms with van der Waals surface area (Å²) in [6.07, 6.45) is 4.91. The number of nitrogens with zero attached hydrogens (tertiary/aromatic N) is 1. The minimum absolute atomic E-state index is 0.111. The summed E-state index contributed by atoms with van der Waals surface area (Å²) in [6.45, 7) is 5.61. The van der Waals surface area contributed by atoms with Crippen molar-refractivity contribution in [3.63, 3.8) is 0 Å². The van der Waals surface area contributed by atoms with Crippen molar-refractivity contribution in [3.05, 3.63) is 83.7 Å². The number of ether oxygens (including phenoxy) is 1. The lowest BCUT2D eigenvalue weighted by Gasteiger charge is -2.27. The van der Waals surface area contributed by atoms with Gasteiger partial charge in [0.15, 0.2) is 0 Å². The molecule has 2 atom stereocenters. The third kappa shape index (κ3) is 6.03. The number of rotatable bonds is 9. The summed E-state index contributed by atoms with van der Waals surface area (Å²) in [5.41, 5.74) is 4.53. The van der Waals surface area contributed by atoms with Gasteiger partial charge in [0.1, 0.15) is 11.9 Å². The van der Waals surface area contributed by atoms with E-state index in [-0.39, 0.29) is 6.10 Å². The van der Waals surface area contributed by atoms with Gasteiger partial charge in [-0.1, -0.05) is 32.0 Å². The fourth-order valence-electron chi connectivity index (χ4n) is 3.75. The minimum Gasteiger partial charge on any atom is -0.489 e. The van der Waals surface area contributed by atoms with E-state index in [0.717, 1.165) is 29.8 Å². The molecule has 2 heterocycles. The maximum absolute atomic E-state index is 10.3. The first-order chi connectivity index (χ1) is 15.6. The van der Waals surface area contributed by atoms with Gasteiger partial charge in [0.25, 0.3) is 0 Å². The number of fused-ring (bicyclic) bond motifs is 1. The molecule has 2 aromatic carbocycles. The van der Waals surface area contributed by atoms with Crippen molar-refractivity contribution in [2.75, 3.05) is 17.8 Å². The highest BCUT2D eigenvalue weighted by Crippen LogP contribution is 2.32. The number of pyridine rings is 1. The summed E-state index contributed by atoms with van der Waals surface area (Å²) >= 11 is 1.63. The van der Waals surface area contributed by atoms with Crippen LogP contribution in [0.5, 0.6) is 5.75 Å². The average molecular weight is 450 g/mol. The zero-order valence-electron chi connectivity index (χ0n) is 18.6. The number of anilines is 1. The van der Waals surface area contributed by atoms with Crippen LogP contribution in [0.25, 0.3) is 0 Å². The number of hydrogen-bond donors (Lipinski definition) is 3. The van der Waals surface area contributed by atoms with Crippen molar-refractivity contribution in [2.45, 2.75) is 49.7 Å². The predicted molar refractivity (Wildman–Crippen MR) is 131 cm³/mol. The van der Waals surface area contributed by atoms with Crippen LogP contribution in [-0.2, 0) is 6.42 Å². The Kier molecular flexibility index (Phi) is 7.68. The molecule has 1 aliphatic rings. The molecule has 3 aromatic rings. The number of aryl methyl sites for hydroxylation is 1. The molecule has 32 heavy (non-hydrogen) atoms. The summed E-state index contributed by atoms with van der Waals surface area (Å²) in [4.78, 5) is 5.23. The molecule has 0 radical (unpaired) electrons. The van der Waals surface area contributed by atoms with E-state index in [1.807, 2.05) is 12.1 Å². The molecule has 3 N–H and O–H groups in total. The molecular weight excluding hydrogens is 418 g/mol. The van der Waals surface area contributed by atoms with Crippen molar-refractivity contribution >= 4 is 17.6 Å². The lowest BCUT2D eigenvalue weighted by Crippen LogP contribution is -2.36.